The fourth-order valence-corrected chi connectivity index (χ4v) is 2.25. The van der Waals surface area contributed by atoms with E-state index in [1.54, 1.807) is 6.07 Å². The highest BCUT2D eigenvalue weighted by Gasteiger charge is 2.32. The lowest BCUT2D eigenvalue weighted by molar-refractivity contribution is -0.0385. The minimum atomic E-state index is -0.648. The molecule has 3 nitrogen and oxygen atoms in total. The average molecular weight is 254 g/mol. The number of carbonyl (C=O) groups is 1. The van der Waals surface area contributed by atoms with Crippen molar-refractivity contribution in [1.82, 2.24) is 0 Å². The second-order valence-electron chi connectivity index (χ2n) is 4.71. The molecule has 1 aliphatic heterocycles. The SMILES string of the molecule is Cc1ccc(OC2OC(=O)c3ccccc32)c(C)c1. The van der Waals surface area contributed by atoms with Crippen LogP contribution < -0.4 is 4.74 Å². The van der Waals surface area contributed by atoms with Crippen molar-refractivity contribution in [3.05, 3.63) is 64.7 Å². The van der Waals surface area contributed by atoms with Crippen molar-refractivity contribution < 1.29 is 14.3 Å². The van der Waals surface area contributed by atoms with Crippen molar-refractivity contribution >= 4 is 5.97 Å². The number of fused-ring (bicyclic) bond motifs is 1. The van der Waals surface area contributed by atoms with Gasteiger partial charge < -0.3 is 9.47 Å². The quantitative estimate of drug-likeness (QED) is 0.769. The molecule has 0 aliphatic carbocycles. The third-order valence-electron chi connectivity index (χ3n) is 3.21. The molecule has 1 atom stereocenters. The zero-order chi connectivity index (χ0) is 13.4. The first-order valence-corrected chi connectivity index (χ1v) is 6.19. The number of aryl methyl sites for hydroxylation is 2. The molecule has 0 spiro atoms. The van der Waals surface area contributed by atoms with Gasteiger partial charge in [0.25, 0.3) is 6.29 Å². The second-order valence-corrected chi connectivity index (χ2v) is 4.71. The molecular weight excluding hydrogens is 240 g/mol. The number of rotatable bonds is 2. The first kappa shape index (κ1) is 11.8. The van der Waals surface area contributed by atoms with Crippen LogP contribution >= 0.6 is 0 Å². The lowest BCUT2D eigenvalue weighted by Gasteiger charge is -2.15. The number of hydrogen-bond acceptors (Lipinski definition) is 3. The molecule has 96 valence electrons. The molecule has 0 bridgehead atoms. The third-order valence-corrected chi connectivity index (χ3v) is 3.21. The smallest absolute Gasteiger partial charge is 0.342 e. The van der Waals surface area contributed by atoms with Gasteiger partial charge in [-0.2, -0.15) is 0 Å². The topological polar surface area (TPSA) is 35.5 Å². The highest BCUT2D eigenvalue weighted by molar-refractivity contribution is 5.93. The van der Waals surface area contributed by atoms with E-state index >= 15 is 0 Å². The number of ether oxygens (including phenoxy) is 2. The fraction of sp³-hybridized carbons (Fsp3) is 0.188. The molecule has 1 heterocycles. The van der Waals surface area contributed by atoms with E-state index in [2.05, 4.69) is 0 Å². The van der Waals surface area contributed by atoms with Gasteiger partial charge in [0, 0.05) is 5.56 Å². The lowest BCUT2D eigenvalue weighted by Crippen LogP contribution is -2.07. The zero-order valence-electron chi connectivity index (χ0n) is 10.8. The van der Waals surface area contributed by atoms with Gasteiger partial charge in [-0.25, -0.2) is 4.79 Å². The highest BCUT2D eigenvalue weighted by atomic mass is 16.7. The molecule has 0 saturated carbocycles. The minimum Gasteiger partial charge on any atom is -0.450 e. The van der Waals surface area contributed by atoms with E-state index < -0.39 is 6.29 Å². The molecule has 0 aromatic heterocycles. The Balaban J connectivity index is 1.91. The summed E-state index contributed by atoms with van der Waals surface area (Å²) in [6, 6.07) is 13.2. The first-order chi connectivity index (χ1) is 9.15. The fourth-order valence-electron chi connectivity index (χ4n) is 2.25. The maximum Gasteiger partial charge on any atom is 0.342 e. The number of hydrogen-bond donors (Lipinski definition) is 0. The van der Waals surface area contributed by atoms with Crippen LogP contribution in [-0.4, -0.2) is 5.97 Å². The largest absolute Gasteiger partial charge is 0.450 e. The van der Waals surface area contributed by atoms with Gasteiger partial charge in [-0.3, -0.25) is 0 Å². The molecule has 2 aromatic carbocycles. The Morgan fingerprint density at radius 3 is 2.68 bits per heavy atom. The molecular formula is C16H14O3. The molecule has 0 N–H and O–H groups in total. The van der Waals surface area contributed by atoms with Crippen molar-refractivity contribution in [2.24, 2.45) is 0 Å². The van der Waals surface area contributed by atoms with Gasteiger partial charge in [0.05, 0.1) is 5.56 Å². The summed E-state index contributed by atoms with van der Waals surface area (Å²) in [5.41, 5.74) is 3.57. The Hall–Kier alpha value is -2.29. The van der Waals surface area contributed by atoms with E-state index in [-0.39, 0.29) is 5.97 Å². The van der Waals surface area contributed by atoms with Gasteiger partial charge in [-0.05, 0) is 31.5 Å². The Labute approximate surface area is 111 Å². The summed E-state index contributed by atoms with van der Waals surface area (Å²) < 4.78 is 11.1. The third kappa shape index (κ3) is 2.08. The Morgan fingerprint density at radius 1 is 1.11 bits per heavy atom. The van der Waals surface area contributed by atoms with E-state index in [4.69, 9.17) is 9.47 Å². The van der Waals surface area contributed by atoms with Gasteiger partial charge >= 0.3 is 5.97 Å². The summed E-state index contributed by atoms with van der Waals surface area (Å²) >= 11 is 0. The number of esters is 1. The van der Waals surface area contributed by atoms with Crippen LogP contribution in [0.4, 0.5) is 0 Å². The van der Waals surface area contributed by atoms with Gasteiger partial charge in [0.2, 0.25) is 0 Å². The molecule has 2 aromatic rings. The van der Waals surface area contributed by atoms with Gasteiger partial charge in [-0.15, -0.1) is 0 Å². The van der Waals surface area contributed by atoms with Gasteiger partial charge in [0.1, 0.15) is 5.75 Å². The molecule has 0 fully saturated rings. The van der Waals surface area contributed by atoms with Gasteiger partial charge in [0.15, 0.2) is 0 Å². The van der Waals surface area contributed by atoms with Crippen LogP contribution in [0.15, 0.2) is 42.5 Å². The standard InChI is InChI=1S/C16H14O3/c1-10-7-8-14(11(2)9-10)18-16-13-6-4-3-5-12(13)15(17)19-16/h3-9,16H,1-2H3. The maximum absolute atomic E-state index is 11.7. The second kappa shape index (κ2) is 4.43. The Bertz CT molecular complexity index is 646. The predicted octanol–water partition coefficient (Wildman–Crippen LogP) is 3.55. The van der Waals surface area contributed by atoms with Crippen LogP contribution in [-0.2, 0) is 4.74 Å². The molecule has 1 unspecified atom stereocenters. The minimum absolute atomic E-state index is 0.328. The van der Waals surface area contributed by atoms with E-state index in [0.29, 0.717) is 5.56 Å². The molecule has 19 heavy (non-hydrogen) atoms. The van der Waals surface area contributed by atoms with E-state index in [0.717, 1.165) is 16.9 Å². The van der Waals surface area contributed by atoms with Crippen LogP contribution in [0.3, 0.4) is 0 Å². The average Bonchev–Trinajstić information content (AvgIpc) is 2.71. The van der Waals surface area contributed by atoms with Crippen molar-refractivity contribution in [2.45, 2.75) is 20.1 Å². The van der Waals surface area contributed by atoms with Crippen LogP contribution in [0.5, 0.6) is 5.75 Å². The summed E-state index contributed by atoms with van der Waals surface area (Å²) in [4.78, 5) is 11.7. The Morgan fingerprint density at radius 2 is 1.89 bits per heavy atom. The van der Waals surface area contributed by atoms with Crippen LogP contribution in [0.2, 0.25) is 0 Å². The lowest BCUT2D eigenvalue weighted by atomic mass is 10.1. The van der Waals surface area contributed by atoms with Crippen molar-refractivity contribution in [3.63, 3.8) is 0 Å². The summed E-state index contributed by atoms with van der Waals surface area (Å²) in [5, 5.41) is 0. The number of carbonyl (C=O) groups excluding carboxylic acids is 1. The summed E-state index contributed by atoms with van der Waals surface area (Å²) in [6.45, 7) is 4.01. The first-order valence-electron chi connectivity index (χ1n) is 6.19. The van der Waals surface area contributed by atoms with Crippen molar-refractivity contribution in [1.29, 1.82) is 0 Å². The summed E-state index contributed by atoms with van der Waals surface area (Å²) in [7, 11) is 0. The maximum atomic E-state index is 11.7. The van der Waals surface area contributed by atoms with E-state index in [1.807, 2.05) is 50.2 Å². The molecule has 1 aliphatic rings. The van der Waals surface area contributed by atoms with Gasteiger partial charge in [-0.1, -0.05) is 35.9 Å². The highest BCUT2D eigenvalue weighted by Crippen LogP contribution is 2.33. The number of cyclic esters (lactones) is 1. The zero-order valence-corrected chi connectivity index (χ0v) is 10.8. The van der Waals surface area contributed by atoms with E-state index in [1.165, 1.54) is 5.56 Å². The van der Waals surface area contributed by atoms with E-state index in [9.17, 15) is 4.79 Å². The normalized spacial score (nSPS) is 16.9. The molecule has 3 rings (SSSR count). The Kier molecular flexibility index (Phi) is 2.75. The predicted molar refractivity (Wildman–Crippen MR) is 71.1 cm³/mol. The molecule has 0 radical (unpaired) electrons. The number of benzene rings is 2. The van der Waals surface area contributed by atoms with Crippen LogP contribution in [0, 0.1) is 13.8 Å². The van der Waals surface area contributed by atoms with Crippen LogP contribution in [0.1, 0.15) is 33.3 Å². The summed E-state index contributed by atoms with van der Waals surface area (Å²) in [6.07, 6.45) is -0.648. The molecule has 0 saturated heterocycles. The van der Waals surface area contributed by atoms with Crippen molar-refractivity contribution in [2.75, 3.05) is 0 Å². The van der Waals surface area contributed by atoms with Crippen molar-refractivity contribution in [3.8, 4) is 5.75 Å². The monoisotopic (exact) mass is 254 g/mol. The van der Waals surface area contributed by atoms with Crippen LogP contribution in [0.25, 0.3) is 0 Å². The summed E-state index contributed by atoms with van der Waals surface area (Å²) in [5.74, 6) is 0.408. The molecule has 3 heteroatoms. The molecule has 0 amide bonds.